The highest BCUT2D eigenvalue weighted by Gasteiger charge is 2.08. The van der Waals surface area contributed by atoms with Gasteiger partial charge in [0.1, 0.15) is 0 Å². The number of likely N-dealkylation sites (N-methyl/N-ethyl adjacent to an activating group) is 1. The molecule has 0 spiro atoms. The molecule has 2 N–H and O–H groups in total. The maximum atomic E-state index is 11.3. The number of carbonyl (C=O) groups is 1. The molecule has 14 heavy (non-hydrogen) atoms. The lowest BCUT2D eigenvalue weighted by atomic mass is 10.3. The summed E-state index contributed by atoms with van der Waals surface area (Å²) in [7, 11) is 3.49. The van der Waals surface area contributed by atoms with E-state index in [1.807, 2.05) is 5.38 Å². The van der Waals surface area contributed by atoms with E-state index in [2.05, 4.69) is 4.98 Å². The quantitative estimate of drug-likeness (QED) is 0.781. The molecular formula is C9H15N3OS. The van der Waals surface area contributed by atoms with Crippen molar-refractivity contribution in [3.63, 3.8) is 0 Å². The minimum atomic E-state index is 0.0783. The molecule has 0 atom stereocenters. The standard InChI is InChI=1S/C9H15N3OS/c1-12(2)9(13)5-7-6-14-8(11-7)3-4-10/h6H,3-5,10H2,1-2H3. The van der Waals surface area contributed by atoms with E-state index in [1.54, 1.807) is 30.3 Å². The molecule has 0 saturated carbocycles. The van der Waals surface area contributed by atoms with Gasteiger partial charge in [0.2, 0.25) is 5.91 Å². The number of amides is 1. The molecule has 4 nitrogen and oxygen atoms in total. The molecule has 78 valence electrons. The van der Waals surface area contributed by atoms with E-state index in [-0.39, 0.29) is 5.91 Å². The van der Waals surface area contributed by atoms with Gasteiger partial charge in [0, 0.05) is 25.9 Å². The van der Waals surface area contributed by atoms with E-state index in [9.17, 15) is 4.79 Å². The molecule has 1 rings (SSSR count). The van der Waals surface area contributed by atoms with E-state index >= 15 is 0 Å². The minimum Gasteiger partial charge on any atom is -0.348 e. The lowest BCUT2D eigenvalue weighted by Crippen LogP contribution is -2.23. The van der Waals surface area contributed by atoms with Gasteiger partial charge in [0.15, 0.2) is 0 Å². The Kier molecular flexibility index (Phi) is 4.03. The van der Waals surface area contributed by atoms with Crippen molar-refractivity contribution in [2.75, 3.05) is 20.6 Å². The number of carbonyl (C=O) groups excluding carboxylic acids is 1. The topological polar surface area (TPSA) is 59.2 Å². The van der Waals surface area contributed by atoms with Gasteiger partial charge in [0.05, 0.1) is 17.1 Å². The molecule has 0 aliphatic heterocycles. The summed E-state index contributed by atoms with van der Waals surface area (Å²) in [6, 6.07) is 0. The molecule has 5 heteroatoms. The van der Waals surface area contributed by atoms with Crippen LogP contribution >= 0.6 is 11.3 Å². The van der Waals surface area contributed by atoms with Crippen LogP contribution in [0.3, 0.4) is 0 Å². The van der Waals surface area contributed by atoms with Gasteiger partial charge in [-0.25, -0.2) is 4.98 Å². The molecule has 0 aliphatic carbocycles. The molecule has 1 aromatic rings. The first-order valence-corrected chi connectivity index (χ1v) is 5.35. The molecule has 0 unspecified atom stereocenters. The van der Waals surface area contributed by atoms with Crippen LogP contribution in [-0.2, 0) is 17.6 Å². The average molecular weight is 213 g/mol. The monoisotopic (exact) mass is 213 g/mol. The van der Waals surface area contributed by atoms with Crippen LogP contribution in [0.1, 0.15) is 10.7 Å². The second-order valence-electron chi connectivity index (χ2n) is 3.24. The minimum absolute atomic E-state index is 0.0783. The summed E-state index contributed by atoms with van der Waals surface area (Å²) in [5.74, 6) is 0.0783. The van der Waals surface area contributed by atoms with Crippen molar-refractivity contribution in [3.05, 3.63) is 16.1 Å². The zero-order valence-corrected chi connectivity index (χ0v) is 9.30. The van der Waals surface area contributed by atoms with Crippen LogP contribution in [0.25, 0.3) is 0 Å². The van der Waals surface area contributed by atoms with Crippen LogP contribution in [0.5, 0.6) is 0 Å². The molecular weight excluding hydrogens is 198 g/mol. The maximum absolute atomic E-state index is 11.3. The van der Waals surface area contributed by atoms with Gasteiger partial charge in [-0.2, -0.15) is 0 Å². The second-order valence-corrected chi connectivity index (χ2v) is 4.18. The van der Waals surface area contributed by atoms with E-state index in [0.29, 0.717) is 13.0 Å². The highest BCUT2D eigenvalue weighted by atomic mass is 32.1. The van der Waals surface area contributed by atoms with Gasteiger partial charge in [-0.05, 0) is 6.54 Å². The summed E-state index contributed by atoms with van der Waals surface area (Å²) in [5.41, 5.74) is 6.26. The summed E-state index contributed by atoms with van der Waals surface area (Å²) in [6.07, 6.45) is 1.18. The summed E-state index contributed by atoms with van der Waals surface area (Å²) in [4.78, 5) is 17.2. The number of aromatic nitrogens is 1. The number of thiazole rings is 1. The van der Waals surface area contributed by atoms with Crippen molar-refractivity contribution in [1.82, 2.24) is 9.88 Å². The van der Waals surface area contributed by atoms with Gasteiger partial charge in [-0.15, -0.1) is 11.3 Å². The van der Waals surface area contributed by atoms with Crippen molar-refractivity contribution >= 4 is 17.2 Å². The Labute approximate surface area is 87.7 Å². The zero-order valence-electron chi connectivity index (χ0n) is 8.49. The van der Waals surface area contributed by atoms with Crippen molar-refractivity contribution in [2.45, 2.75) is 12.8 Å². The first-order chi connectivity index (χ1) is 6.63. The fraction of sp³-hybridized carbons (Fsp3) is 0.556. The third kappa shape index (κ3) is 3.08. The van der Waals surface area contributed by atoms with E-state index in [4.69, 9.17) is 5.73 Å². The Bertz CT molecular complexity index is 309. The highest BCUT2D eigenvalue weighted by molar-refractivity contribution is 7.09. The number of nitrogens with zero attached hydrogens (tertiary/aromatic N) is 2. The van der Waals surface area contributed by atoms with E-state index in [0.717, 1.165) is 17.1 Å². The number of hydrogen-bond acceptors (Lipinski definition) is 4. The van der Waals surface area contributed by atoms with E-state index in [1.165, 1.54) is 0 Å². The molecule has 1 aromatic heterocycles. The first-order valence-electron chi connectivity index (χ1n) is 4.47. The Balaban J connectivity index is 2.55. The van der Waals surface area contributed by atoms with Gasteiger partial charge >= 0.3 is 0 Å². The third-order valence-corrected chi connectivity index (χ3v) is 2.75. The SMILES string of the molecule is CN(C)C(=O)Cc1csc(CCN)n1. The van der Waals surface area contributed by atoms with Gasteiger partial charge in [-0.3, -0.25) is 4.79 Å². The van der Waals surface area contributed by atoms with Crippen LogP contribution < -0.4 is 5.73 Å². The van der Waals surface area contributed by atoms with E-state index < -0.39 is 0 Å². The van der Waals surface area contributed by atoms with Crippen LogP contribution in [0.4, 0.5) is 0 Å². The summed E-state index contributed by atoms with van der Waals surface area (Å²) >= 11 is 1.57. The summed E-state index contributed by atoms with van der Waals surface area (Å²) < 4.78 is 0. The predicted octanol–water partition coefficient (Wildman–Crippen LogP) is 0.275. The van der Waals surface area contributed by atoms with Gasteiger partial charge in [-0.1, -0.05) is 0 Å². The van der Waals surface area contributed by atoms with Gasteiger partial charge in [0.25, 0.3) is 0 Å². The largest absolute Gasteiger partial charge is 0.348 e. The molecule has 1 amide bonds. The highest BCUT2D eigenvalue weighted by Crippen LogP contribution is 2.10. The maximum Gasteiger partial charge on any atom is 0.228 e. The Hall–Kier alpha value is -0.940. The van der Waals surface area contributed by atoms with Crippen LogP contribution in [0.15, 0.2) is 5.38 Å². The van der Waals surface area contributed by atoms with Crippen molar-refractivity contribution < 1.29 is 4.79 Å². The van der Waals surface area contributed by atoms with Crippen molar-refractivity contribution in [3.8, 4) is 0 Å². The summed E-state index contributed by atoms with van der Waals surface area (Å²) in [5, 5.41) is 2.93. The van der Waals surface area contributed by atoms with Crippen LogP contribution in [0.2, 0.25) is 0 Å². The molecule has 1 heterocycles. The number of hydrogen-bond donors (Lipinski definition) is 1. The van der Waals surface area contributed by atoms with Crippen molar-refractivity contribution in [1.29, 1.82) is 0 Å². The molecule has 0 saturated heterocycles. The summed E-state index contributed by atoms with van der Waals surface area (Å²) in [6.45, 7) is 0.606. The molecule has 0 radical (unpaired) electrons. The fourth-order valence-corrected chi connectivity index (χ4v) is 1.80. The smallest absolute Gasteiger partial charge is 0.228 e. The average Bonchev–Trinajstić information content (AvgIpc) is 2.53. The third-order valence-electron chi connectivity index (χ3n) is 1.79. The molecule has 0 aromatic carbocycles. The fourth-order valence-electron chi connectivity index (χ4n) is 0.981. The molecule has 0 fully saturated rings. The Morgan fingerprint density at radius 2 is 2.36 bits per heavy atom. The lowest BCUT2D eigenvalue weighted by molar-refractivity contribution is -0.128. The normalized spacial score (nSPS) is 10.2. The first kappa shape index (κ1) is 11.1. The van der Waals surface area contributed by atoms with Crippen LogP contribution in [0, 0.1) is 0 Å². The Morgan fingerprint density at radius 1 is 1.64 bits per heavy atom. The Morgan fingerprint density at radius 3 is 2.93 bits per heavy atom. The second kappa shape index (κ2) is 5.07. The molecule has 0 bridgehead atoms. The lowest BCUT2D eigenvalue weighted by Gasteiger charge is -2.07. The molecule has 0 aliphatic rings. The predicted molar refractivity (Wildman–Crippen MR) is 57.3 cm³/mol. The zero-order chi connectivity index (χ0) is 10.6. The van der Waals surface area contributed by atoms with Crippen molar-refractivity contribution in [2.24, 2.45) is 5.73 Å². The van der Waals surface area contributed by atoms with Crippen LogP contribution in [-0.4, -0.2) is 36.4 Å². The number of nitrogens with two attached hydrogens (primary N) is 1. The number of rotatable bonds is 4. The van der Waals surface area contributed by atoms with Gasteiger partial charge < -0.3 is 10.6 Å².